The minimum Gasteiger partial charge on any atom is -0.342 e. The molecule has 1 aromatic heterocycles. The van der Waals surface area contributed by atoms with Gasteiger partial charge in [0, 0.05) is 16.5 Å². The molecule has 1 aromatic carbocycles. The summed E-state index contributed by atoms with van der Waals surface area (Å²) in [5.74, 6) is 0.503. The Bertz CT molecular complexity index is 496. The third-order valence-electron chi connectivity index (χ3n) is 2.23. The number of imidazole rings is 1. The van der Waals surface area contributed by atoms with Crippen LogP contribution in [0.3, 0.4) is 0 Å². The van der Waals surface area contributed by atoms with Gasteiger partial charge in [0.2, 0.25) is 0 Å². The molecule has 0 atom stereocenters. The highest BCUT2D eigenvalue weighted by Crippen LogP contribution is 2.24. The number of benzene rings is 1. The fourth-order valence-electron chi connectivity index (χ4n) is 1.47. The van der Waals surface area contributed by atoms with Crippen molar-refractivity contribution < 1.29 is 4.39 Å². The van der Waals surface area contributed by atoms with Crippen molar-refractivity contribution in [1.82, 2.24) is 9.97 Å². The molecule has 0 fully saturated rings. The predicted octanol–water partition coefficient (Wildman–Crippen LogP) is 2.48. The van der Waals surface area contributed by atoms with Gasteiger partial charge in [-0.1, -0.05) is 15.9 Å². The number of hydrogen-bond donors (Lipinski definition) is 2. The fraction of sp³-hybridized carbons (Fsp3) is 0.182. The van der Waals surface area contributed by atoms with Crippen LogP contribution >= 0.6 is 15.9 Å². The number of nitrogens with zero attached hydrogens (tertiary/aromatic N) is 1. The maximum atomic E-state index is 13.6. The molecule has 5 heteroatoms. The fourth-order valence-corrected chi connectivity index (χ4v) is 1.83. The van der Waals surface area contributed by atoms with Crippen LogP contribution in [0.15, 0.2) is 28.9 Å². The summed E-state index contributed by atoms with van der Waals surface area (Å²) in [7, 11) is 0. The zero-order chi connectivity index (χ0) is 11.5. The highest BCUT2D eigenvalue weighted by atomic mass is 79.9. The van der Waals surface area contributed by atoms with Gasteiger partial charge in [0.25, 0.3) is 0 Å². The van der Waals surface area contributed by atoms with Crippen LogP contribution in [0.4, 0.5) is 4.39 Å². The largest absolute Gasteiger partial charge is 0.342 e. The highest BCUT2D eigenvalue weighted by Gasteiger charge is 2.08. The molecule has 0 aliphatic rings. The molecule has 3 N–H and O–H groups in total. The molecule has 2 rings (SSSR count). The minimum absolute atomic E-state index is 0.272. The van der Waals surface area contributed by atoms with E-state index in [1.165, 1.54) is 6.07 Å². The first-order chi connectivity index (χ1) is 7.70. The molecule has 2 aromatic rings. The molecule has 0 saturated carbocycles. The van der Waals surface area contributed by atoms with E-state index in [1.54, 1.807) is 18.3 Å². The molecular weight excluding hydrogens is 273 g/mol. The Morgan fingerprint density at radius 2 is 2.25 bits per heavy atom. The van der Waals surface area contributed by atoms with Crippen LogP contribution in [-0.4, -0.2) is 16.5 Å². The standard InChI is InChI=1S/C11H11BrFN3/c12-7-1-2-9(13)8(5-7)10-6-15-11(16-10)3-4-14/h1-2,5-6H,3-4,14H2,(H,15,16). The minimum atomic E-state index is -0.272. The van der Waals surface area contributed by atoms with Crippen molar-refractivity contribution in [2.24, 2.45) is 5.73 Å². The first-order valence-electron chi connectivity index (χ1n) is 4.90. The third kappa shape index (κ3) is 2.31. The second kappa shape index (κ2) is 4.76. The van der Waals surface area contributed by atoms with E-state index in [4.69, 9.17) is 5.73 Å². The molecule has 0 bridgehead atoms. The van der Waals surface area contributed by atoms with Crippen molar-refractivity contribution >= 4 is 15.9 Å². The molecule has 0 amide bonds. The second-order valence-electron chi connectivity index (χ2n) is 3.41. The summed E-state index contributed by atoms with van der Waals surface area (Å²) in [6.07, 6.45) is 2.28. The van der Waals surface area contributed by atoms with E-state index >= 15 is 0 Å². The number of hydrogen-bond acceptors (Lipinski definition) is 2. The topological polar surface area (TPSA) is 54.7 Å². The molecule has 0 radical (unpaired) electrons. The number of aromatic amines is 1. The first kappa shape index (κ1) is 11.3. The first-order valence-corrected chi connectivity index (χ1v) is 5.69. The third-order valence-corrected chi connectivity index (χ3v) is 2.72. The van der Waals surface area contributed by atoms with Gasteiger partial charge in [0.15, 0.2) is 0 Å². The lowest BCUT2D eigenvalue weighted by Crippen LogP contribution is -2.03. The summed E-state index contributed by atoms with van der Waals surface area (Å²) >= 11 is 3.31. The Labute approximate surface area is 101 Å². The molecule has 16 heavy (non-hydrogen) atoms. The van der Waals surface area contributed by atoms with Gasteiger partial charge in [0.05, 0.1) is 11.9 Å². The van der Waals surface area contributed by atoms with Gasteiger partial charge in [0.1, 0.15) is 11.6 Å². The maximum absolute atomic E-state index is 13.6. The van der Waals surface area contributed by atoms with Gasteiger partial charge in [-0.25, -0.2) is 9.37 Å². The molecule has 0 saturated heterocycles. The molecule has 0 aliphatic carbocycles. The van der Waals surface area contributed by atoms with Crippen molar-refractivity contribution in [1.29, 1.82) is 0 Å². The summed E-state index contributed by atoms with van der Waals surface area (Å²) in [5.41, 5.74) is 6.59. The van der Waals surface area contributed by atoms with Gasteiger partial charge < -0.3 is 10.7 Å². The lowest BCUT2D eigenvalue weighted by Gasteiger charge is -2.00. The number of nitrogens with one attached hydrogen (secondary N) is 1. The van der Waals surface area contributed by atoms with Crippen LogP contribution in [0.5, 0.6) is 0 Å². The van der Waals surface area contributed by atoms with Crippen molar-refractivity contribution in [3.63, 3.8) is 0 Å². The number of aromatic nitrogens is 2. The second-order valence-corrected chi connectivity index (χ2v) is 4.32. The van der Waals surface area contributed by atoms with Gasteiger partial charge >= 0.3 is 0 Å². The molecule has 0 aliphatic heterocycles. The SMILES string of the molecule is NCCc1ncc(-c2cc(Br)ccc2F)[nH]1. The number of H-pyrrole nitrogens is 1. The van der Waals surface area contributed by atoms with Crippen LogP contribution < -0.4 is 5.73 Å². The summed E-state index contributed by atoms with van der Waals surface area (Å²) in [5, 5.41) is 0. The lowest BCUT2D eigenvalue weighted by molar-refractivity contribution is 0.630. The van der Waals surface area contributed by atoms with Crippen LogP contribution in [0.1, 0.15) is 5.82 Å². The quantitative estimate of drug-likeness (QED) is 0.909. The Morgan fingerprint density at radius 3 is 3.00 bits per heavy atom. The molecule has 84 valence electrons. The average molecular weight is 284 g/mol. The lowest BCUT2D eigenvalue weighted by atomic mass is 10.1. The zero-order valence-electron chi connectivity index (χ0n) is 8.50. The Hall–Kier alpha value is -1.20. The Balaban J connectivity index is 2.38. The van der Waals surface area contributed by atoms with Crippen LogP contribution in [0.2, 0.25) is 0 Å². The van der Waals surface area contributed by atoms with E-state index in [-0.39, 0.29) is 5.82 Å². The van der Waals surface area contributed by atoms with E-state index < -0.39 is 0 Å². The summed E-state index contributed by atoms with van der Waals surface area (Å²) in [4.78, 5) is 7.18. The van der Waals surface area contributed by atoms with Crippen LogP contribution in [-0.2, 0) is 6.42 Å². The van der Waals surface area contributed by atoms with E-state index in [1.807, 2.05) is 0 Å². The summed E-state index contributed by atoms with van der Waals surface area (Å²) < 4.78 is 14.4. The van der Waals surface area contributed by atoms with Crippen LogP contribution in [0.25, 0.3) is 11.3 Å². The van der Waals surface area contributed by atoms with Crippen molar-refractivity contribution in [2.45, 2.75) is 6.42 Å². The average Bonchev–Trinajstić information content (AvgIpc) is 2.71. The molecular formula is C11H11BrFN3. The van der Waals surface area contributed by atoms with Gasteiger partial charge in [-0.05, 0) is 24.7 Å². The van der Waals surface area contributed by atoms with Gasteiger partial charge in [-0.3, -0.25) is 0 Å². The smallest absolute Gasteiger partial charge is 0.132 e. The summed E-state index contributed by atoms with van der Waals surface area (Å²) in [6, 6.07) is 4.80. The normalized spacial score (nSPS) is 10.7. The van der Waals surface area contributed by atoms with E-state index in [9.17, 15) is 4.39 Å². The van der Waals surface area contributed by atoms with Crippen LogP contribution in [0, 0.1) is 5.82 Å². The van der Waals surface area contributed by atoms with Crippen molar-refractivity contribution in [3.05, 3.63) is 40.5 Å². The molecule has 0 spiro atoms. The van der Waals surface area contributed by atoms with Crippen molar-refractivity contribution in [3.8, 4) is 11.3 Å². The summed E-state index contributed by atoms with van der Waals surface area (Å²) in [6.45, 7) is 0.522. The Morgan fingerprint density at radius 1 is 1.44 bits per heavy atom. The molecule has 0 unspecified atom stereocenters. The molecule has 1 heterocycles. The van der Waals surface area contributed by atoms with Gasteiger partial charge in [-0.2, -0.15) is 0 Å². The van der Waals surface area contributed by atoms with Crippen molar-refractivity contribution in [2.75, 3.05) is 6.54 Å². The van der Waals surface area contributed by atoms with E-state index in [0.717, 1.165) is 10.3 Å². The monoisotopic (exact) mass is 283 g/mol. The van der Waals surface area contributed by atoms with E-state index in [2.05, 4.69) is 25.9 Å². The highest BCUT2D eigenvalue weighted by molar-refractivity contribution is 9.10. The predicted molar refractivity (Wildman–Crippen MR) is 64.4 cm³/mol. The van der Waals surface area contributed by atoms with Gasteiger partial charge in [-0.15, -0.1) is 0 Å². The number of nitrogens with two attached hydrogens (primary N) is 1. The number of halogens is 2. The zero-order valence-corrected chi connectivity index (χ0v) is 10.1. The Kier molecular flexibility index (Phi) is 3.36. The molecule has 3 nitrogen and oxygen atoms in total. The number of rotatable bonds is 3. The van der Waals surface area contributed by atoms with E-state index in [0.29, 0.717) is 24.2 Å². The maximum Gasteiger partial charge on any atom is 0.132 e.